The lowest BCUT2D eigenvalue weighted by atomic mass is 10.1. The minimum atomic E-state index is -4.55. The van der Waals surface area contributed by atoms with Crippen LogP contribution in [0.25, 0.3) is 11.0 Å². The summed E-state index contributed by atoms with van der Waals surface area (Å²) >= 11 is 6.30. The van der Waals surface area contributed by atoms with E-state index in [-0.39, 0.29) is 34.6 Å². The van der Waals surface area contributed by atoms with E-state index in [0.717, 1.165) is 12.1 Å². The van der Waals surface area contributed by atoms with Crippen LogP contribution in [0.4, 0.5) is 34.1 Å². The van der Waals surface area contributed by atoms with Gasteiger partial charge in [0.05, 0.1) is 28.3 Å². The Morgan fingerprint density at radius 2 is 1.82 bits per heavy atom. The molecule has 2 aromatic heterocycles. The summed E-state index contributed by atoms with van der Waals surface area (Å²) in [5, 5.41) is 16.5. The topological polar surface area (TPSA) is 135 Å². The predicted molar refractivity (Wildman–Crippen MR) is 140 cm³/mol. The van der Waals surface area contributed by atoms with Crippen molar-refractivity contribution in [2.75, 3.05) is 10.6 Å². The van der Waals surface area contributed by atoms with Crippen LogP contribution in [0, 0.1) is 0 Å². The van der Waals surface area contributed by atoms with E-state index in [1.807, 2.05) is 0 Å². The van der Waals surface area contributed by atoms with Crippen LogP contribution in [0.15, 0.2) is 54.9 Å². The number of carboxylic acid groups (broad SMARTS) is 1. The number of urea groups is 1. The molecule has 10 nitrogen and oxygen atoms in total. The first-order chi connectivity index (χ1) is 18.7. The number of halogens is 4. The maximum atomic E-state index is 12.9. The summed E-state index contributed by atoms with van der Waals surface area (Å²) in [5.41, 5.74) is -0.0132. The van der Waals surface area contributed by atoms with Crippen LogP contribution >= 0.6 is 11.6 Å². The predicted octanol–water partition coefficient (Wildman–Crippen LogP) is 6.01. The maximum Gasteiger partial charge on any atom is 0.416 e. The van der Waals surface area contributed by atoms with Crippen LogP contribution in [-0.4, -0.2) is 37.5 Å². The third-order valence-corrected chi connectivity index (χ3v) is 5.96. The summed E-state index contributed by atoms with van der Waals surface area (Å²) in [6.07, 6.45) is -4.58. The molecule has 3 amide bonds. The van der Waals surface area contributed by atoms with Gasteiger partial charge in [-0.2, -0.15) is 18.2 Å². The molecule has 0 fully saturated rings. The number of hydrogen-bond donors (Lipinski definition) is 3. The summed E-state index contributed by atoms with van der Waals surface area (Å²) in [6, 6.07) is 9.44. The Morgan fingerprint density at radius 3 is 2.48 bits per heavy atom. The molecule has 0 aliphatic heterocycles. The number of benzene rings is 2. The number of hydrogen-bond acceptors (Lipinski definition) is 6. The molecule has 4 rings (SSSR count). The van der Waals surface area contributed by atoms with Crippen LogP contribution in [0.1, 0.15) is 32.0 Å². The third-order valence-electron chi connectivity index (χ3n) is 5.65. The van der Waals surface area contributed by atoms with E-state index in [0.29, 0.717) is 16.7 Å². The van der Waals surface area contributed by atoms with Crippen molar-refractivity contribution in [1.82, 2.24) is 19.9 Å². The first-order valence-electron chi connectivity index (χ1n) is 11.7. The van der Waals surface area contributed by atoms with E-state index < -0.39 is 29.4 Å². The molecule has 40 heavy (non-hydrogen) atoms. The minimum absolute atomic E-state index is 0.0242. The number of nitrogens with zero attached hydrogens (tertiary/aromatic N) is 3. The molecule has 0 saturated carbocycles. The Bertz CT molecular complexity index is 1570. The molecule has 0 atom stereocenters. The van der Waals surface area contributed by atoms with Crippen molar-refractivity contribution < 1.29 is 32.6 Å². The highest BCUT2D eigenvalue weighted by atomic mass is 35.5. The summed E-state index contributed by atoms with van der Waals surface area (Å²) in [4.78, 5) is 36.5. The second kappa shape index (κ2) is 10.9. The maximum absolute atomic E-state index is 12.9. The highest BCUT2D eigenvalue weighted by Crippen LogP contribution is 2.33. The summed E-state index contributed by atoms with van der Waals surface area (Å²) in [5.74, 6) is 0.405. The lowest BCUT2D eigenvalue weighted by molar-refractivity contribution is -0.271. The van der Waals surface area contributed by atoms with Gasteiger partial charge in [0.2, 0.25) is 5.88 Å². The Kier molecular flexibility index (Phi) is 7.78. The van der Waals surface area contributed by atoms with Gasteiger partial charge in [-0.25, -0.2) is 9.78 Å². The summed E-state index contributed by atoms with van der Waals surface area (Å²) < 4.78 is 44.6. The van der Waals surface area contributed by atoms with Gasteiger partial charge in [0, 0.05) is 23.0 Å². The largest absolute Gasteiger partial charge is 0.530 e. The second-order valence-corrected chi connectivity index (χ2v) is 10.1. The molecule has 0 aliphatic rings. The minimum Gasteiger partial charge on any atom is -0.530 e. The fraction of sp³-hybridized carbons (Fsp3) is 0.231. The molecule has 4 aromatic rings. The van der Waals surface area contributed by atoms with Crippen LogP contribution in [-0.2, 0) is 12.7 Å². The van der Waals surface area contributed by atoms with Crippen molar-refractivity contribution in [3.05, 3.63) is 71.1 Å². The third kappa shape index (κ3) is 6.72. The number of ether oxygens (including phenoxy) is 1. The number of alkyl halides is 3. The summed E-state index contributed by atoms with van der Waals surface area (Å²) in [7, 11) is 0. The van der Waals surface area contributed by atoms with Gasteiger partial charge in [-0.05, 0) is 57.2 Å². The molecule has 14 heteroatoms. The van der Waals surface area contributed by atoms with Crippen molar-refractivity contribution >= 4 is 46.1 Å². The van der Waals surface area contributed by atoms with Crippen molar-refractivity contribution in [2.45, 2.75) is 39.0 Å². The molecular formula is C26H23ClF3N6O4-. The molecule has 0 saturated heterocycles. The molecule has 0 aliphatic carbocycles. The fourth-order valence-electron chi connectivity index (χ4n) is 3.71. The van der Waals surface area contributed by atoms with E-state index in [1.165, 1.54) is 41.6 Å². The summed E-state index contributed by atoms with van der Waals surface area (Å²) in [6.45, 7) is 5.27. The average molecular weight is 576 g/mol. The van der Waals surface area contributed by atoms with Crippen molar-refractivity contribution in [3.8, 4) is 11.6 Å². The van der Waals surface area contributed by atoms with Gasteiger partial charge in [-0.3, -0.25) is 0 Å². The Labute approximate surface area is 231 Å². The van der Waals surface area contributed by atoms with Gasteiger partial charge >= 0.3 is 12.2 Å². The van der Waals surface area contributed by atoms with E-state index >= 15 is 0 Å². The lowest BCUT2D eigenvalue weighted by Crippen LogP contribution is -2.51. The van der Waals surface area contributed by atoms with E-state index in [2.05, 4.69) is 25.6 Å². The smallest absolute Gasteiger partial charge is 0.416 e. The van der Waals surface area contributed by atoms with Crippen LogP contribution < -0.4 is 20.5 Å². The van der Waals surface area contributed by atoms with Crippen LogP contribution in [0.2, 0.25) is 5.02 Å². The Morgan fingerprint density at radius 1 is 1.07 bits per heavy atom. The number of carbonyl (C=O) groups excluding carboxylic acids is 2. The number of amides is 3. The molecule has 2 aromatic carbocycles. The van der Waals surface area contributed by atoms with Crippen molar-refractivity contribution in [2.24, 2.45) is 0 Å². The first-order valence-corrected chi connectivity index (χ1v) is 12.1. The monoisotopic (exact) mass is 575 g/mol. The normalized spacial score (nSPS) is 11.8. The zero-order valence-corrected chi connectivity index (χ0v) is 22.1. The number of aromatic nitrogens is 3. The first kappa shape index (κ1) is 28.5. The number of aromatic amines is 1. The van der Waals surface area contributed by atoms with E-state index in [4.69, 9.17) is 16.3 Å². The van der Waals surface area contributed by atoms with Gasteiger partial charge in [0.1, 0.15) is 23.7 Å². The molecule has 0 spiro atoms. The molecule has 0 radical (unpaired) electrons. The molecule has 210 valence electrons. The molecule has 3 N–H and O–H groups in total. The number of H-pyrrole nitrogens is 1. The van der Waals surface area contributed by atoms with Crippen molar-refractivity contribution in [3.63, 3.8) is 0 Å². The van der Waals surface area contributed by atoms with Crippen LogP contribution in [0.3, 0.4) is 0 Å². The van der Waals surface area contributed by atoms with Gasteiger partial charge < -0.3 is 35.2 Å². The van der Waals surface area contributed by atoms with Gasteiger partial charge in [0.25, 0.3) is 0 Å². The fourth-order valence-corrected chi connectivity index (χ4v) is 3.93. The zero-order valence-electron chi connectivity index (χ0n) is 21.4. The Hall–Kier alpha value is -4.52. The lowest BCUT2D eigenvalue weighted by Gasteiger charge is -2.37. The van der Waals surface area contributed by atoms with Gasteiger partial charge in [-0.15, -0.1) is 0 Å². The SMILES string of the molecule is CC(C)(C)N(Cc1cc2ncnc(Oc3ccc(NC(=O)Nc4cccc(C(F)(F)F)c4)c(Cl)c3)c2[nH]1)C(=O)[O-]. The number of carbonyl (C=O) groups is 2. The van der Waals surface area contributed by atoms with Crippen LogP contribution in [0.5, 0.6) is 11.6 Å². The standard InChI is InChI=1S/C26H24ClF3N6O4/c1-25(2,3)36(24(38)39)12-16-10-20-21(33-16)22(32-13-31-20)40-17-7-8-19(18(27)11-17)35-23(37)34-15-6-4-5-14(9-15)26(28,29)30/h4-11,13,33H,12H2,1-3H3,(H,38,39)(H2,34,35,37)/p-1. The number of fused-ring (bicyclic) bond motifs is 1. The number of nitrogens with one attached hydrogen (secondary N) is 3. The highest BCUT2D eigenvalue weighted by molar-refractivity contribution is 6.34. The second-order valence-electron chi connectivity index (χ2n) is 9.66. The number of rotatable bonds is 6. The van der Waals surface area contributed by atoms with Crippen molar-refractivity contribution in [1.29, 1.82) is 0 Å². The molecule has 0 bridgehead atoms. The quantitative estimate of drug-likeness (QED) is 0.258. The van der Waals surface area contributed by atoms with Gasteiger partial charge in [0.15, 0.2) is 0 Å². The highest BCUT2D eigenvalue weighted by Gasteiger charge is 2.30. The average Bonchev–Trinajstić information content (AvgIpc) is 3.27. The van der Waals surface area contributed by atoms with E-state index in [9.17, 15) is 27.9 Å². The molecule has 2 heterocycles. The van der Waals surface area contributed by atoms with E-state index in [1.54, 1.807) is 26.8 Å². The number of anilines is 2. The van der Waals surface area contributed by atoms with Gasteiger partial charge in [-0.1, -0.05) is 17.7 Å². The molecule has 0 unspecified atom stereocenters. The zero-order chi connectivity index (χ0) is 29.2. The molecular weight excluding hydrogens is 553 g/mol. The Balaban J connectivity index is 1.47.